The van der Waals surface area contributed by atoms with E-state index in [1.807, 2.05) is 0 Å². The quantitative estimate of drug-likeness (QED) is 0.387. The lowest BCUT2D eigenvalue weighted by Crippen LogP contribution is -2.54. The molecule has 0 bridgehead atoms. The first-order valence-corrected chi connectivity index (χ1v) is 11.5. The highest BCUT2D eigenvalue weighted by Crippen LogP contribution is 2.52. The van der Waals surface area contributed by atoms with Crippen LogP contribution in [-0.2, 0) is 16.9 Å². The molecule has 1 N–H and O–H groups in total. The van der Waals surface area contributed by atoms with Crippen LogP contribution in [0.3, 0.4) is 0 Å². The molecule has 2 heterocycles. The zero-order valence-electron chi connectivity index (χ0n) is 19.1. The number of hydrogen-bond acceptors (Lipinski definition) is 7. The van der Waals surface area contributed by atoms with Crippen LogP contribution in [0.15, 0.2) is 66.7 Å². The van der Waals surface area contributed by atoms with Gasteiger partial charge in [0.1, 0.15) is 12.4 Å². The third-order valence-electron chi connectivity index (χ3n) is 6.94. The highest BCUT2D eigenvalue weighted by molar-refractivity contribution is 6.32. The van der Waals surface area contributed by atoms with Crippen LogP contribution >= 0.6 is 11.6 Å². The molecule has 0 unspecified atom stereocenters. The third-order valence-corrected chi connectivity index (χ3v) is 7.24. The molecule has 1 spiro atoms. The minimum Gasteiger partial charge on any atom is -0.487 e. The number of halogens is 1. The number of amides is 1. The average Bonchev–Trinajstić information content (AvgIpc) is 3.33. The molecule has 3 atom stereocenters. The number of nitro benzene ring substituents is 1. The number of para-hydroxylation sites is 1. The van der Waals surface area contributed by atoms with Crippen molar-refractivity contribution in [2.45, 2.75) is 24.1 Å². The Morgan fingerprint density at radius 2 is 1.89 bits per heavy atom. The minimum absolute atomic E-state index is 0.0415. The molecule has 5 rings (SSSR count). The molecule has 184 valence electrons. The predicted octanol–water partition coefficient (Wildman–Crippen LogP) is 4.35. The normalized spacial score (nSPS) is 22.9. The number of nitrogens with zero attached hydrogens (tertiary/aromatic N) is 3. The summed E-state index contributed by atoms with van der Waals surface area (Å²) in [7, 11) is 1.72. The summed E-state index contributed by atoms with van der Waals surface area (Å²) >= 11 is 6.48. The molecule has 0 radical (unpaired) electrons. The Morgan fingerprint density at radius 1 is 1.11 bits per heavy atom. The van der Waals surface area contributed by atoms with Gasteiger partial charge in [-0.1, -0.05) is 48.0 Å². The maximum atomic E-state index is 13.2. The number of likely N-dealkylation sites (N-methyl/N-ethyl adjacent to an activating group) is 1. The molecule has 3 aromatic rings. The fourth-order valence-corrected chi connectivity index (χ4v) is 5.61. The van der Waals surface area contributed by atoms with Gasteiger partial charge in [-0.3, -0.25) is 29.9 Å². The van der Waals surface area contributed by atoms with E-state index < -0.39 is 28.3 Å². The topological polar surface area (TPSA) is 128 Å². The lowest BCUT2D eigenvalue weighted by Gasteiger charge is -2.30. The van der Waals surface area contributed by atoms with Crippen molar-refractivity contribution in [3.05, 3.63) is 109 Å². The fraction of sp³-hybridized carbons (Fsp3) is 0.240. The van der Waals surface area contributed by atoms with E-state index in [0.29, 0.717) is 28.1 Å². The Morgan fingerprint density at radius 3 is 2.61 bits per heavy atom. The van der Waals surface area contributed by atoms with Gasteiger partial charge in [0.15, 0.2) is 5.54 Å². The number of nitrogens with one attached hydrogen (secondary N) is 1. The van der Waals surface area contributed by atoms with Crippen molar-refractivity contribution in [3.63, 3.8) is 0 Å². The van der Waals surface area contributed by atoms with Crippen molar-refractivity contribution >= 4 is 28.9 Å². The van der Waals surface area contributed by atoms with Gasteiger partial charge in [-0.15, -0.1) is 0 Å². The molecule has 0 aliphatic carbocycles. The summed E-state index contributed by atoms with van der Waals surface area (Å²) in [5.41, 5.74) is 0.900. The molecule has 36 heavy (non-hydrogen) atoms. The highest BCUT2D eigenvalue weighted by Gasteiger charge is 2.68. The van der Waals surface area contributed by atoms with Crippen molar-refractivity contribution in [1.29, 1.82) is 0 Å². The molecule has 0 aromatic heterocycles. The van der Waals surface area contributed by atoms with Gasteiger partial charge < -0.3 is 10.1 Å². The van der Waals surface area contributed by atoms with Crippen molar-refractivity contribution in [2.24, 2.45) is 0 Å². The van der Waals surface area contributed by atoms with E-state index in [0.717, 1.165) is 0 Å². The molecule has 2 aliphatic rings. The first-order chi connectivity index (χ1) is 17.2. The molecular formula is C25H21ClN4O6. The van der Waals surface area contributed by atoms with Gasteiger partial charge in [-0.25, -0.2) is 0 Å². The Labute approximate surface area is 210 Å². The second-order valence-electron chi connectivity index (χ2n) is 8.89. The Hall–Kier alpha value is -4.02. The largest absolute Gasteiger partial charge is 0.487 e. The van der Waals surface area contributed by atoms with Crippen LogP contribution in [0, 0.1) is 20.2 Å². The van der Waals surface area contributed by atoms with Crippen LogP contribution < -0.4 is 10.1 Å². The lowest BCUT2D eigenvalue weighted by atomic mass is 9.79. The molecule has 2 aliphatic heterocycles. The van der Waals surface area contributed by atoms with Crippen molar-refractivity contribution < 1.29 is 19.4 Å². The van der Waals surface area contributed by atoms with Crippen LogP contribution in [0.5, 0.6) is 5.75 Å². The zero-order valence-corrected chi connectivity index (χ0v) is 19.8. The number of carbonyl (C=O) groups excluding carboxylic acids is 1. The number of hydrogen-bond donors (Lipinski definition) is 1. The van der Waals surface area contributed by atoms with E-state index in [2.05, 4.69) is 5.32 Å². The minimum atomic E-state index is -1.44. The number of nitro groups is 2. The fourth-order valence-electron chi connectivity index (χ4n) is 5.37. The zero-order chi connectivity index (χ0) is 25.6. The van der Waals surface area contributed by atoms with Crippen molar-refractivity contribution in [3.8, 4) is 5.75 Å². The Bertz CT molecular complexity index is 1400. The number of ether oxygens (including phenoxy) is 1. The molecular weight excluding hydrogens is 488 g/mol. The molecule has 11 heteroatoms. The van der Waals surface area contributed by atoms with E-state index in [1.165, 1.54) is 12.1 Å². The Balaban J connectivity index is 1.44. The summed E-state index contributed by atoms with van der Waals surface area (Å²) in [6, 6.07) is 16.8. The molecule has 10 nitrogen and oxygen atoms in total. The number of benzene rings is 3. The maximum absolute atomic E-state index is 13.2. The van der Waals surface area contributed by atoms with E-state index in [9.17, 15) is 25.0 Å². The highest BCUT2D eigenvalue weighted by atomic mass is 35.5. The summed E-state index contributed by atoms with van der Waals surface area (Å²) in [6.07, 6.45) is 0. The van der Waals surface area contributed by atoms with Crippen LogP contribution in [0.25, 0.3) is 0 Å². The number of non-ortho nitro benzene ring substituents is 1. The van der Waals surface area contributed by atoms with Gasteiger partial charge in [0, 0.05) is 34.9 Å². The molecule has 0 saturated carbocycles. The van der Waals surface area contributed by atoms with Gasteiger partial charge in [0.2, 0.25) is 0 Å². The summed E-state index contributed by atoms with van der Waals surface area (Å²) in [4.78, 5) is 37.5. The van der Waals surface area contributed by atoms with Crippen LogP contribution in [0.4, 0.5) is 11.4 Å². The molecule has 1 fully saturated rings. The number of fused-ring (bicyclic) bond motifs is 2. The van der Waals surface area contributed by atoms with Crippen LogP contribution in [-0.4, -0.2) is 40.3 Å². The van der Waals surface area contributed by atoms with Crippen molar-refractivity contribution in [1.82, 2.24) is 4.90 Å². The molecule has 3 aromatic carbocycles. The lowest BCUT2D eigenvalue weighted by molar-refractivity contribution is -0.534. The maximum Gasteiger partial charge on any atom is 0.269 e. The van der Waals surface area contributed by atoms with E-state index in [-0.39, 0.29) is 28.8 Å². The average molecular weight is 509 g/mol. The van der Waals surface area contributed by atoms with Crippen LogP contribution in [0.2, 0.25) is 5.02 Å². The van der Waals surface area contributed by atoms with Gasteiger partial charge >= 0.3 is 0 Å². The summed E-state index contributed by atoms with van der Waals surface area (Å²) < 4.78 is 5.76. The summed E-state index contributed by atoms with van der Waals surface area (Å²) in [6.45, 7) is 0.335. The third kappa shape index (κ3) is 3.66. The molecule has 1 amide bonds. The standard InChI is InChI=1S/C25H21ClN4O6/c1-28-13-18(23(30(34)35)25(28)19-7-2-3-8-21(19)27-24(25)31)16-9-10-22(20(26)12-16)36-14-15-5-4-6-17(11-15)29(32)33/h2-12,18,23H,13-14H2,1H3,(H,27,31)/t18-,23-,25-/m1/s1. The number of rotatable bonds is 6. The first kappa shape index (κ1) is 23.7. The van der Waals surface area contributed by atoms with Gasteiger partial charge in [0.25, 0.3) is 17.6 Å². The van der Waals surface area contributed by atoms with Crippen LogP contribution in [0.1, 0.15) is 22.6 Å². The predicted molar refractivity (Wildman–Crippen MR) is 132 cm³/mol. The number of anilines is 1. The second kappa shape index (κ2) is 8.89. The van der Waals surface area contributed by atoms with E-state index in [4.69, 9.17) is 16.3 Å². The van der Waals surface area contributed by atoms with Gasteiger partial charge in [-0.2, -0.15) is 0 Å². The second-order valence-corrected chi connectivity index (χ2v) is 9.30. The smallest absolute Gasteiger partial charge is 0.269 e. The van der Waals surface area contributed by atoms with Crippen molar-refractivity contribution in [2.75, 3.05) is 18.9 Å². The monoisotopic (exact) mass is 508 g/mol. The number of carbonyl (C=O) groups is 1. The molecule has 1 saturated heterocycles. The van der Waals surface area contributed by atoms with E-state index >= 15 is 0 Å². The first-order valence-electron chi connectivity index (χ1n) is 11.1. The Kier molecular flexibility index (Phi) is 5.85. The SMILES string of the molecule is CN1C[C@H](c2ccc(OCc3cccc([N+](=O)[O-])c3)c(Cl)c2)[C@@H]([N+](=O)[O-])[C@]12C(=O)Nc1ccccc12. The number of likely N-dealkylation sites (tertiary alicyclic amines) is 1. The summed E-state index contributed by atoms with van der Waals surface area (Å²) in [5.74, 6) is -0.682. The van der Waals surface area contributed by atoms with Gasteiger partial charge in [-0.05, 0) is 36.4 Å². The summed E-state index contributed by atoms with van der Waals surface area (Å²) in [5, 5.41) is 26.5. The van der Waals surface area contributed by atoms with E-state index in [1.54, 1.807) is 66.5 Å². The van der Waals surface area contributed by atoms with Gasteiger partial charge in [0.05, 0.1) is 15.9 Å².